The number of hydrogen-bond donors (Lipinski definition) is 2. The first-order valence-electron chi connectivity index (χ1n) is 8.96. The van der Waals surface area contributed by atoms with Crippen LogP contribution >= 0.6 is 0 Å². The molecule has 2 aliphatic heterocycles. The molecule has 0 radical (unpaired) electrons. The molecule has 0 saturated carbocycles. The summed E-state index contributed by atoms with van der Waals surface area (Å²) in [5.74, 6) is 0.871. The van der Waals surface area contributed by atoms with Gasteiger partial charge in [-0.25, -0.2) is 4.99 Å². The number of alkyl halides is 3. The lowest BCUT2D eigenvalue weighted by Crippen LogP contribution is -2.47. The van der Waals surface area contributed by atoms with E-state index in [1.165, 1.54) is 12.1 Å². The predicted octanol–water partition coefficient (Wildman–Crippen LogP) is 2.96. The van der Waals surface area contributed by atoms with E-state index in [2.05, 4.69) is 15.6 Å². The Labute approximate surface area is 151 Å². The highest BCUT2D eigenvalue weighted by atomic mass is 19.4. The van der Waals surface area contributed by atoms with E-state index in [1.807, 2.05) is 6.92 Å². The van der Waals surface area contributed by atoms with Gasteiger partial charge in [0.2, 0.25) is 0 Å². The third-order valence-corrected chi connectivity index (χ3v) is 4.56. The van der Waals surface area contributed by atoms with Gasteiger partial charge in [-0.2, -0.15) is 13.2 Å². The first kappa shape index (κ1) is 18.8. The van der Waals surface area contributed by atoms with Crippen molar-refractivity contribution in [3.05, 3.63) is 29.8 Å². The summed E-state index contributed by atoms with van der Waals surface area (Å²) < 4.78 is 49.3. The summed E-state index contributed by atoms with van der Waals surface area (Å²) in [4.78, 5) is 4.44. The SMILES string of the molecule is CCNC(=NCCOc1cccc(C(F)(F)F)c1)NC1CC2CCC1O2. The van der Waals surface area contributed by atoms with Crippen molar-refractivity contribution >= 4 is 5.96 Å². The van der Waals surface area contributed by atoms with Crippen LogP contribution in [0.25, 0.3) is 0 Å². The van der Waals surface area contributed by atoms with Gasteiger partial charge in [-0.05, 0) is 44.4 Å². The molecule has 144 valence electrons. The summed E-state index contributed by atoms with van der Waals surface area (Å²) in [6, 6.07) is 5.13. The lowest BCUT2D eigenvalue weighted by Gasteiger charge is -2.22. The molecule has 0 spiro atoms. The minimum Gasteiger partial charge on any atom is -0.492 e. The molecule has 2 heterocycles. The summed E-state index contributed by atoms with van der Waals surface area (Å²) in [6.07, 6.45) is -0.602. The Hall–Kier alpha value is -1.96. The standard InChI is InChI=1S/C18H24F3N3O2/c1-2-22-17(24-15-11-14-6-7-16(15)26-14)23-8-9-25-13-5-3-4-12(10-13)18(19,20)21/h3-5,10,14-16H,2,6-9,11H2,1H3,(H2,22,23,24). The van der Waals surface area contributed by atoms with E-state index < -0.39 is 11.7 Å². The highest BCUT2D eigenvalue weighted by molar-refractivity contribution is 5.80. The first-order valence-corrected chi connectivity index (χ1v) is 8.96. The maximum Gasteiger partial charge on any atom is 0.416 e. The topological polar surface area (TPSA) is 54.9 Å². The normalized spacial score (nSPS) is 25.4. The van der Waals surface area contributed by atoms with Gasteiger partial charge in [0.15, 0.2) is 5.96 Å². The maximum atomic E-state index is 12.7. The average molecular weight is 371 g/mol. The minimum atomic E-state index is -4.37. The van der Waals surface area contributed by atoms with Gasteiger partial charge < -0.3 is 20.1 Å². The zero-order chi connectivity index (χ0) is 18.6. The second-order valence-electron chi connectivity index (χ2n) is 6.50. The molecule has 26 heavy (non-hydrogen) atoms. The third kappa shape index (κ3) is 4.81. The van der Waals surface area contributed by atoms with Crippen LogP contribution in [0.5, 0.6) is 5.75 Å². The molecule has 1 aromatic carbocycles. The zero-order valence-corrected chi connectivity index (χ0v) is 14.7. The number of fused-ring (bicyclic) bond motifs is 2. The highest BCUT2D eigenvalue weighted by Gasteiger charge is 2.41. The largest absolute Gasteiger partial charge is 0.492 e. The summed E-state index contributed by atoms with van der Waals surface area (Å²) >= 11 is 0. The minimum absolute atomic E-state index is 0.189. The molecule has 1 aromatic rings. The lowest BCUT2D eigenvalue weighted by molar-refractivity contribution is -0.137. The number of ether oxygens (including phenoxy) is 2. The second kappa shape index (κ2) is 8.16. The number of halogens is 3. The van der Waals surface area contributed by atoms with Crippen molar-refractivity contribution in [2.45, 2.75) is 50.6 Å². The van der Waals surface area contributed by atoms with Crippen LogP contribution in [0.3, 0.4) is 0 Å². The number of rotatable bonds is 6. The molecule has 2 bridgehead atoms. The van der Waals surface area contributed by atoms with Gasteiger partial charge in [-0.1, -0.05) is 6.07 Å². The van der Waals surface area contributed by atoms with Gasteiger partial charge in [0, 0.05) is 6.54 Å². The fourth-order valence-electron chi connectivity index (χ4n) is 3.37. The third-order valence-electron chi connectivity index (χ3n) is 4.56. The maximum absolute atomic E-state index is 12.7. The van der Waals surface area contributed by atoms with E-state index >= 15 is 0 Å². The smallest absolute Gasteiger partial charge is 0.416 e. The van der Waals surface area contributed by atoms with Gasteiger partial charge in [-0.15, -0.1) is 0 Å². The van der Waals surface area contributed by atoms with E-state index in [9.17, 15) is 13.2 Å². The molecule has 2 N–H and O–H groups in total. The average Bonchev–Trinajstić information content (AvgIpc) is 3.21. The van der Waals surface area contributed by atoms with E-state index in [1.54, 1.807) is 0 Å². The van der Waals surface area contributed by atoms with Gasteiger partial charge in [0.1, 0.15) is 12.4 Å². The number of benzene rings is 1. The molecule has 5 nitrogen and oxygen atoms in total. The molecule has 2 aliphatic rings. The second-order valence-corrected chi connectivity index (χ2v) is 6.50. The van der Waals surface area contributed by atoms with Crippen molar-refractivity contribution < 1.29 is 22.6 Å². The van der Waals surface area contributed by atoms with Crippen LogP contribution in [0.4, 0.5) is 13.2 Å². The summed E-state index contributed by atoms with van der Waals surface area (Å²) in [5, 5.41) is 6.56. The van der Waals surface area contributed by atoms with Crippen LogP contribution < -0.4 is 15.4 Å². The molecular weight excluding hydrogens is 347 g/mol. The van der Waals surface area contributed by atoms with Crippen molar-refractivity contribution in [2.75, 3.05) is 19.7 Å². The van der Waals surface area contributed by atoms with E-state index in [0.717, 1.165) is 37.9 Å². The van der Waals surface area contributed by atoms with Crippen LogP contribution in [0.2, 0.25) is 0 Å². The predicted molar refractivity (Wildman–Crippen MR) is 92.4 cm³/mol. The molecule has 3 unspecified atom stereocenters. The Bertz CT molecular complexity index is 636. The molecule has 0 amide bonds. The van der Waals surface area contributed by atoms with Gasteiger partial charge in [0.25, 0.3) is 0 Å². The quantitative estimate of drug-likeness (QED) is 0.459. The summed E-state index contributed by atoms with van der Waals surface area (Å²) in [6.45, 7) is 3.24. The molecule has 8 heteroatoms. The summed E-state index contributed by atoms with van der Waals surface area (Å²) in [7, 11) is 0. The van der Waals surface area contributed by atoms with Crippen LogP contribution in [0.15, 0.2) is 29.3 Å². The number of nitrogens with zero attached hydrogens (tertiary/aromatic N) is 1. The molecule has 0 aromatic heterocycles. The molecule has 0 aliphatic carbocycles. The Morgan fingerprint density at radius 1 is 1.35 bits per heavy atom. The fourth-order valence-corrected chi connectivity index (χ4v) is 3.37. The fraction of sp³-hybridized carbons (Fsp3) is 0.611. The van der Waals surface area contributed by atoms with Gasteiger partial charge in [0.05, 0.1) is 30.4 Å². The van der Waals surface area contributed by atoms with E-state index in [-0.39, 0.29) is 24.5 Å². The molecule has 2 saturated heterocycles. The van der Waals surface area contributed by atoms with E-state index in [4.69, 9.17) is 9.47 Å². The summed E-state index contributed by atoms with van der Waals surface area (Å²) in [5.41, 5.74) is -0.718. The molecular formula is C18H24F3N3O2. The van der Waals surface area contributed by atoms with Crippen molar-refractivity contribution in [2.24, 2.45) is 4.99 Å². The number of guanidine groups is 1. The Kier molecular flexibility index (Phi) is 5.90. The lowest BCUT2D eigenvalue weighted by atomic mass is 9.96. The number of hydrogen-bond acceptors (Lipinski definition) is 3. The first-order chi connectivity index (χ1) is 12.5. The van der Waals surface area contributed by atoms with Gasteiger partial charge in [-0.3, -0.25) is 0 Å². The number of nitrogens with one attached hydrogen (secondary N) is 2. The van der Waals surface area contributed by atoms with Gasteiger partial charge >= 0.3 is 6.18 Å². The Morgan fingerprint density at radius 3 is 2.85 bits per heavy atom. The van der Waals surface area contributed by atoms with Crippen LogP contribution in [-0.2, 0) is 10.9 Å². The highest BCUT2D eigenvalue weighted by Crippen LogP contribution is 2.34. The van der Waals surface area contributed by atoms with Crippen molar-refractivity contribution in [1.82, 2.24) is 10.6 Å². The molecule has 3 rings (SSSR count). The van der Waals surface area contributed by atoms with Crippen LogP contribution in [0.1, 0.15) is 31.7 Å². The van der Waals surface area contributed by atoms with Crippen molar-refractivity contribution in [1.29, 1.82) is 0 Å². The molecule has 3 atom stereocenters. The van der Waals surface area contributed by atoms with E-state index in [0.29, 0.717) is 18.6 Å². The van der Waals surface area contributed by atoms with Crippen molar-refractivity contribution in [3.8, 4) is 5.75 Å². The Balaban J connectivity index is 1.49. The van der Waals surface area contributed by atoms with Crippen LogP contribution in [-0.4, -0.2) is 43.9 Å². The zero-order valence-electron chi connectivity index (χ0n) is 14.7. The Morgan fingerprint density at radius 2 is 2.19 bits per heavy atom. The molecule has 2 fully saturated rings. The number of aliphatic imine (C=N–C) groups is 1. The van der Waals surface area contributed by atoms with Crippen molar-refractivity contribution in [3.63, 3.8) is 0 Å². The van der Waals surface area contributed by atoms with Crippen LogP contribution in [0, 0.1) is 0 Å². The monoisotopic (exact) mass is 371 g/mol.